The van der Waals surface area contributed by atoms with Gasteiger partial charge in [-0.15, -0.1) is 0 Å². The Morgan fingerprint density at radius 2 is 1.18 bits per heavy atom. The summed E-state index contributed by atoms with van der Waals surface area (Å²) in [5.74, 6) is -0.207. The number of halogens is 1. The quantitative estimate of drug-likeness (QED) is 0.421. The van der Waals surface area contributed by atoms with Crippen LogP contribution in [0.2, 0.25) is 0 Å². The van der Waals surface area contributed by atoms with Gasteiger partial charge in [0.05, 0.1) is 0 Å². The molecule has 3 aromatic carbocycles. The molecule has 1 N–H and O–H groups in total. The van der Waals surface area contributed by atoms with Gasteiger partial charge in [-0.1, -0.05) is 72.8 Å². The highest BCUT2D eigenvalue weighted by atomic mass is 19.1. The molecule has 0 atom stereocenters. The Morgan fingerprint density at radius 1 is 0.643 bits per heavy atom. The van der Waals surface area contributed by atoms with E-state index in [1.54, 1.807) is 12.1 Å². The Bertz CT molecular complexity index is 967. The van der Waals surface area contributed by atoms with Gasteiger partial charge in [0, 0.05) is 37.1 Å². The van der Waals surface area contributed by atoms with Crippen LogP contribution >= 0.6 is 0 Å². The van der Waals surface area contributed by atoms with Crippen LogP contribution < -0.4 is 0 Å². The number of benzene rings is 3. The lowest BCUT2D eigenvalue weighted by atomic mass is 10.1. The van der Waals surface area contributed by atoms with Crippen molar-refractivity contribution in [3.8, 4) is 11.3 Å². The van der Waals surface area contributed by atoms with Crippen molar-refractivity contribution in [2.75, 3.05) is 0 Å². The van der Waals surface area contributed by atoms with E-state index in [0.29, 0.717) is 5.56 Å². The highest BCUT2D eigenvalue weighted by molar-refractivity contribution is 5.61. The second-order valence-electron chi connectivity index (χ2n) is 7.02. The summed E-state index contributed by atoms with van der Waals surface area (Å²) in [6.45, 7) is 2.50. The largest absolute Gasteiger partial charge is 0.361 e. The van der Waals surface area contributed by atoms with E-state index >= 15 is 0 Å². The molecule has 0 saturated heterocycles. The zero-order valence-corrected chi connectivity index (χ0v) is 15.7. The molecular weight excluding hydrogens is 347 g/mol. The fourth-order valence-electron chi connectivity index (χ4n) is 3.47. The molecule has 28 heavy (non-hydrogen) atoms. The van der Waals surface area contributed by atoms with Gasteiger partial charge < -0.3 is 4.98 Å². The van der Waals surface area contributed by atoms with Gasteiger partial charge in [-0.3, -0.25) is 4.90 Å². The fraction of sp³-hybridized carbons (Fsp3) is 0.120. The molecule has 0 saturated carbocycles. The number of aromatic amines is 1. The molecule has 0 spiro atoms. The summed E-state index contributed by atoms with van der Waals surface area (Å²) >= 11 is 0. The van der Waals surface area contributed by atoms with E-state index in [9.17, 15) is 4.39 Å². The van der Waals surface area contributed by atoms with Crippen molar-refractivity contribution in [3.63, 3.8) is 0 Å². The molecule has 1 heterocycles. The summed E-state index contributed by atoms with van der Waals surface area (Å²) in [6.07, 6.45) is 1.98. The van der Waals surface area contributed by atoms with Gasteiger partial charge in [0.2, 0.25) is 0 Å². The number of nitrogens with one attached hydrogen (secondary N) is 1. The molecule has 0 radical (unpaired) electrons. The van der Waals surface area contributed by atoms with Gasteiger partial charge in [-0.25, -0.2) is 4.39 Å². The summed E-state index contributed by atoms with van der Waals surface area (Å²) in [5, 5.41) is 0. The van der Waals surface area contributed by atoms with Crippen LogP contribution in [-0.4, -0.2) is 9.88 Å². The van der Waals surface area contributed by atoms with E-state index in [4.69, 9.17) is 0 Å². The van der Waals surface area contributed by atoms with Gasteiger partial charge in [-0.05, 0) is 34.9 Å². The Balaban J connectivity index is 1.54. The first kappa shape index (κ1) is 18.2. The van der Waals surface area contributed by atoms with Crippen LogP contribution in [0.4, 0.5) is 4.39 Å². The smallest absolute Gasteiger partial charge is 0.132 e. The van der Waals surface area contributed by atoms with Crippen molar-refractivity contribution < 1.29 is 4.39 Å². The van der Waals surface area contributed by atoms with Gasteiger partial charge >= 0.3 is 0 Å². The topological polar surface area (TPSA) is 19.0 Å². The third-order valence-electron chi connectivity index (χ3n) is 4.81. The van der Waals surface area contributed by atoms with Crippen molar-refractivity contribution in [2.24, 2.45) is 0 Å². The summed E-state index contributed by atoms with van der Waals surface area (Å²) in [6, 6.07) is 29.9. The van der Waals surface area contributed by atoms with Gasteiger partial charge in [0.1, 0.15) is 5.82 Å². The lowest BCUT2D eigenvalue weighted by Crippen LogP contribution is -2.22. The normalized spacial score (nSPS) is 11.1. The number of nitrogens with zero attached hydrogens (tertiary/aromatic N) is 1. The third kappa shape index (κ3) is 4.56. The average Bonchev–Trinajstić information content (AvgIpc) is 3.18. The molecule has 0 amide bonds. The maximum absolute atomic E-state index is 14.1. The lowest BCUT2D eigenvalue weighted by Gasteiger charge is -2.22. The zero-order valence-electron chi connectivity index (χ0n) is 15.7. The number of hydrogen-bond donors (Lipinski definition) is 1. The SMILES string of the molecule is Fc1ccccc1-c1cc(CN(Cc2ccccc2)Cc2ccccc2)c[nH]1. The molecule has 0 fully saturated rings. The Hall–Kier alpha value is -3.17. The Labute approximate surface area is 165 Å². The second kappa shape index (κ2) is 8.68. The van der Waals surface area contributed by atoms with E-state index in [1.807, 2.05) is 30.5 Å². The standard InChI is InChI=1S/C25H23FN2/c26-24-14-8-7-13-23(24)25-15-22(16-27-25)19-28(17-20-9-3-1-4-10-20)18-21-11-5-2-6-12-21/h1-16,27H,17-19H2. The van der Waals surface area contributed by atoms with Crippen molar-refractivity contribution >= 4 is 0 Å². The first-order valence-corrected chi connectivity index (χ1v) is 9.50. The highest BCUT2D eigenvalue weighted by Crippen LogP contribution is 2.23. The van der Waals surface area contributed by atoms with Crippen molar-refractivity contribution in [2.45, 2.75) is 19.6 Å². The maximum Gasteiger partial charge on any atom is 0.132 e. The number of rotatable bonds is 7. The molecule has 0 aliphatic carbocycles. The molecule has 140 valence electrons. The van der Waals surface area contributed by atoms with E-state index in [-0.39, 0.29) is 5.82 Å². The van der Waals surface area contributed by atoms with Crippen LogP contribution in [0, 0.1) is 5.82 Å². The molecule has 0 unspecified atom stereocenters. The first-order valence-electron chi connectivity index (χ1n) is 9.50. The van der Waals surface area contributed by atoms with Crippen LogP contribution in [0.5, 0.6) is 0 Å². The molecule has 0 bridgehead atoms. The average molecular weight is 370 g/mol. The van der Waals surface area contributed by atoms with Crippen molar-refractivity contribution in [3.05, 3.63) is 120 Å². The van der Waals surface area contributed by atoms with E-state index in [2.05, 4.69) is 58.4 Å². The number of H-pyrrole nitrogens is 1. The minimum absolute atomic E-state index is 0.207. The minimum atomic E-state index is -0.207. The van der Waals surface area contributed by atoms with Gasteiger partial charge in [0.15, 0.2) is 0 Å². The monoisotopic (exact) mass is 370 g/mol. The Kier molecular flexibility index (Phi) is 5.64. The molecule has 0 aliphatic heterocycles. The van der Waals surface area contributed by atoms with Crippen molar-refractivity contribution in [1.82, 2.24) is 9.88 Å². The summed E-state index contributed by atoms with van der Waals surface area (Å²) < 4.78 is 14.1. The third-order valence-corrected chi connectivity index (χ3v) is 4.81. The second-order valence-corrected chi connectivity index (χ2v) is 7.02. The molecule has 0 aliphatic rings. The lowest BCUT2D eigenvalue weighted by molar-refractivity contribution is 0.248. The van der Waals surface area contributed by atoms with Crippen LogP contribution in [0.15, 0.2) is 97.2 Å². The highest BCUT2D eigenvalue weighted by Gasteiger charge is 2.11. The minimum Gasteiger partial charge on any atom is -0.361 e. The maximum atomic E-state index is 14.1. The predicted molar refractivity (Wildman–Crippen MR) is 112 cm³/mol. The van der Waals surface area contributed by atoms with E-state index in [1.165, 1.54) is 17.2 Å². The van der Waals surface area contributed by atoms with Gasteiger partial charge in [-0.2, -0.15) is 0 Å². The molecule has 3 heteroatoms. The summed E-state index contributed by atoms with van der Waals surface area (Å²) in [5.41, 5.74) is 5.12. The zero-order chi connectivity index (χ0) is 19.2. The Morgan fingerprint density at radius 3 is 1.79 bits per heavy atom. The molecule has 1 aromatic heterocycles. The van der Waals surface area contributed by atoms with E-state index in [0.717, 1.165) is 30.9 Å². The fourth-order valence-corrected chi connectivity index (χ4v) is 3.47. The predicted octanol–water partition coefficient (Wildman–Crippen LogP) is 6.02. The molecule has 4 aromatic rings. The first-order chi connectivity index (χ1) is 13.8. The van der Waals surface area contributed by atoms with Crippen LogP contribution in [0.25, 0.3) is 11.3 Å². The number of hydrogen-bond acceptors (Lipinski definition) is 1. The van der Waals surface area contributed by atoms with Crippen LogP contribution in [0.3, 0.4) is 0 Å². The summed E-state index contributed by atoms with van der Waals surface area (Å²) in [7, 11) is 0. The molecule has 4 rings (SSSR count). The van der Waals surface area contributed by atoms with Gasteiger partial charge in [0.25, 0.3) is 0 Å². The van der Waals surface area contributed by atoms with E-state index < -0.39 is 0 Å². The number of aromatic nitrogens is 1. The van der Waals surface area contributed by atoms with Crippen molar-refractivity contribution in [1.29, 1.82) is 0 Å². The van der Waals surface area contributed by atoms with Crippen LogP contribution in [-0.2, 0) is 19.6 Å². The molecule has 2 nitrogen and oxygen atoms in total. The molecular formula is C25H23FN2. The summed E-state index contributed by atoms with van der Waals surface area (Å²) in [4.78, 5) is 5.63. The van der Waals surface area contributed by atoms with Crippen LogP contribution in [0.1, 0.15) is 16.7 Å².